The maximum absolute atomic E-state index is 3.49. The molecule has 0 spiro atoms. The van der Waals surface area contributed by atoms with Crippen molar-refractivity contribution in [1.29, 1.82) is 0 Å². The molecule has 0 bridgehead atoms. The van der Waals surface area contributed by atoms with Crippen LogP contribution in [-0.4, -0.2) is 26.2 Å². The molecule has 2 nitrogen and oxygen atoms in total. The Morgan fingerprint density at radius 2 is 2.00 bits per heavy atom. The fourth-order valence-corrected chi connectivity index (χ4v) is 1.30. The first kappa shape index (κ1) is 10.7. The van der Waals surface area contributed by atoms with E-state index in [1.165, 1.54) is 5.57 Å². The Bertz CT molecular complexity index is 193. The number of nitrogens with one attached hydrogen (secondary N) is 2. The Morgan fingerprint density at radius 3 is 2.38 bits per heavy atom. The Hall–Kier alpha value is -0.340. The molecule has 1 rings (SSSR count). The average Bonchev–Trinajstić information content (AvgIpc) is 1.79. The Labute approximate surface area is 81.8 Å². The zero-order chi connectivity index (χ0) is 9.90. The van der Waals surface area contributed by atoms with E-state index in [9.17, 15) is 0 Å². The first-order chi connectivity index (χ1) is 5.99. The van der Waals surface area contributed by atoms with Crippen molar-refractivity contribution >= 4 is 0 Å². The van der Waals surface area contributed by atoms with Gasteiger partial charge < -0.3 is 10.6 Å². The number of hydrogen-bond donors (Lipinski definition) is 2. The van der Waals surface area contributed by atoms with Crippen molar-refractivity contribution in [3.63, 3.8) is 0 Å². The summed E-state index contributed by atoms with van der Waals surface area (Å²) in [5.74, 6) is 0. The predicted molar refractivity (Wildman–Crippen MR) is 57.9 cm³/mol. The topological polar surface area (TPSA) is 24.1 Å². The summed E-state index contributed by atoms with van der Waals surface area (Å²) in [4.78, 5) is 0. The summed E-state index contributed by atoms with van der Waals surface area (Å²) < 4.78 is 0. The second kappa shape index (κ2) is 4.25. The highest BCUT2D eigenvalue weighted by Crippen LogP contribution is 2.11. The SMILES string of the molecule is CC(CNCC(C)(C)C)=C1CNC1. The quantitative estimate of drug-likeness (QED) is 0.647. The molecule has 1 saturated heterocycles. The van der Waals surface area contributed by atoms with Crippen molar-refractivity contribution in [3.05, 3.63) is 11.1 Å². The van der Waals surface area contributed by atoms with Gasteiger partial charge in [-0.05, 0) is 17.9 Å². The highest BCUT2D eigenvalue weighted by molar-refractivity contribution is 5.22. The monoisotopic (exact) mass is 182 g/mol. The molecule has 2 heteroatoms. The molecule has 0 atom stereocenters. The standard InChI is InChI=1S/C11H22N2/c1-9(10-6-12-7-10)5-13-8-11(2,3)4/h12-13H,5-8H2,1-4H3. The maximum atomic E-state index is 3.49. The van der Waals surface area contributed by atoms with Gasteiger partial charge >= 0.3 is 0 Å². The third kappa shape index (κ3) is 3.92. The van der Waals surface area contributed by atoms with E-state index in [0.29, 0.717) is 5.41 Å². The van der Waals surface area contributed by atoms with Crippen LogP contribution in [0.1, 0.15) is 27.7 Å². The van der Waals surface area contributed by atoms with Gasteiger partial charge in [0.25, 0.3) is 0 Å². The number of hydrogen-bond acceptors (Lipinski definition) is 2. The van der Waals surface area contributed by atoms with Crippen LogP contribution < -0.4 is 10.6 Å². The molecule has 1 heterocycles. The van der Waals surface area contributed by atoms with Crippen molar-refractivity contribution in [1.82, 2.24) is 10.6 Å². The summed E-state index contributed by atoms with van der Waals surface area (Å²) in [7, 11) is 0. The van der Waals surface area contributed by atoms with Gasteiger partial charge in [-0.1, -0.05) is 26.3 Å². The fraction of sp³-hybridized carbons (Fsp3) is 0.818. The lowest BCUT2D eigenvalue weighted by atomic mass is 9.96. The molecule has 0 aromatic heterocycles. The molecule has 76 valence electrons. The molecular weight excluding hydrogens is 160 g/mol. The Morgan fingerprint density at radius 1 is 1.38 bits per heavy atom. The smallest absolute Gasteiger partial charge is 0.0183 e. The van der Waals surface area contributed by atoms with Crippen LogP contribution in [-0.2, 0) is 0 Å². The lowest BCUT2D eigenvalue weighted by molar-refractivity contribution is 0.386. The average molecular weight is 182 g/mol. The molecule has 0 aliphatic carbocycles. The highest BCUT2D eigenvalue weighted by Gasteiger charge is 2.12. The third-order valence-corrected chi connectivity index (χ3v) is 2.33. The van der Waals surface area contributed by atoms with E-state index in [1.54, 1.807) is 5.57 Å². The molecule has 0 amide bonds. The summed E-state index contributed by atoms with van der Waals surface area (Å²) in [5, 5.41) is 6.75. The molecule has 2 N–H and O–H groups in total. The molecule has 0 unspecified atom stereocenters. The van der Waals surface area contributed by atoms with Gasteiger partial charge in [-0.15, -0.1) is 0 Å². The lowest BCUT2D eigenvalue weighted by Crippen LogP contribution is -2.37. The van der Waals surface area contributed by atoms with Crippen LogP contribution in [0.5, 0.6) is 0 Å². The van der Waals surface area contributed by atoms with Crippen LogP contribution in [0.15, 0.2) is 11.1 Å². The van der Waals surface area contributed by atoms with Gasteiger partial charge in [0.15, 0.2) is 0 Å². The van der Waals surface area contributed by atoms with E-state index in [2.05, 4.69) is 38.3 Å². The molecule has 0 radical (unpaired) electrons. The van der Waals surface area contributed by atoms with Gasteiger partial charge in [-0.25, -0.2) is 0 Å². The summed E-state index contributed by atoms with van der Waals surface area (Å²) >= 11 is 0. The van der Waals surface area contributed by atoms with E-state index in [-0.39, 0.29) is 0 Å². The van der Waals surface area contributed by atoms with Crippen LogP contribution in [0.25, 0.3) is 0 Å². The molecule has 0 saturated carbocycles. The van der Waals surface area contributed by atoms with Crippen molar-refractivity contribution in [2.24, 2.45) is 5.41 Å². The predicted octanol–water partition coefficient (Wildman–Crippen LogP) is 1.54. The van der Waals surface area contributed by atoms with E-state index >= 15 is 0 Å². The van der Waals surface area contributed by atoms with Gasteiger partial charge in [-0.3, -0.25) is 0 Å². The Kier molecular flexibility index (Phi) is 3.51. The minimum Gasteiger partial charge on any atom is -0.312 e. The summed E-state index contributed by atoms with van der Waals surface area (Å²) in [6.45, 7) is 13.3. The van der Waals surface area contributed by atoms with Gasteiger partial charge in [0.2, 0.25) is 0 Å². The molecule has 1 aliphatic heterocycles. The van der Waals surface area contributed by atoms with Crippen LogP contribution in [0.4, 0.5) is 0 Å². The summed E-state index contributed by atoms with van der Waals surface area (Å²) in [5.41, 5.74) is 3.49. The van der Waals surface area contributed by atoms with E-state index in [1.807, 2.05) is 0 Å². The summed E-state index contributed by atoms with van der Waals surface area (Å²) in [6, 6.07) is 0. The first-order valence-electron chi connectivity index (χ1n) is 5.08. The zero-order valence-electron chi connectivity index (χ0n) is 9.33. The highest BCUT2D eigenvalue weighted by atomic mass is 14.9. The van der Waals surface area contributed by atoms with Gasteiger partial charge in [0.1, 0.15) is 0 Å². The molecule has 0 aromatic carbocycles. The molecule has 1 fully saturated rings. The molecular formula is C11H22N2. The van der Waals surface area contributed by atoms with Gasteiger partial charge in [-0.2, -0.15) is 0 Å². The largest absolute Gasteiger partial charge is 0.312 e. The van der Waals surface area contributed by atoms with E-state index in [4.69, 9.17) is 0 Å². The minimum atomic E-state index is 0.392. The lowest BCUT2D eigenvalue weighted by Gasteiger charge is -2.24. The normalized spacial score (nSPS) is 17.1. The van der Waals surface area contributed by atoms with Crippen molar-refractivity contribution in [2.75, 3.05) is 26.2 Å². The first-order valence-corrected chi connectivity index (χ1v) is 5.08. The van der Waals surface area contributed by atoms with E-state index in [0.717, 1.165) is 26.2 Å². The van der Waals surface area contributed by atoms with Crippen LogP contribution in [0, 0.1) is 5.41 Å². The maximum Gasteiger partial charge on any atom is 0.0183 e. The van der Waals surface area contributed by atoms with E-state index < -0.39 is 0 Å². The van der Waals surface area contributed by atoms with Gasteiger partial charge in [0, 0.05) is 26.2 Å². The zero-order valence-corrected chi connectivity index (χ0v) is 9.33. The minimum absolute atomic E-state index is 0.392. The number of rotatable bonds is 3. The van der Waals surface area contributed by atoms with Crippen LogP contribution in [0.2, 0.25) is 0 Å². The summed E-state index contributed by atoms with van der Waals surface area (Å²) in [6.07, 6.45) is 0. The van der Waals surface area contributed by atoms with Crippen molar-refractivity contribution in [3.8, 4) is 0 Å². The molecule has 13 heavy (non-hydrogen) atoms. The van der Waals surface area contributed by atoms with Crippen LogP contribution >= 0.6 is 0 Å². The van der Waals surface area contributed by atoms with Gasteiger partial charge in [0.05, 0.1) is 0 Å². The van der Waals surface area contributed by atoms with Crippen LogP contribution in [0.3, 0.4) is 0 Å². The molecule has 1 aliphatic rings. The second-order valence-electron chi connectivity index (χ2n) is 5.15. The van der Waals surface area contributed by atoms with Crippen molar-refractivity contribution < 1.29 is 0 Å². The molecule has 0 aromatic rings. The third-order valence-electron chi connectivity index (χ3n) is 2.33. The van der Waals surface area contributed by atoms with Crippen molar-refractivity contribution in [2.45, 2.75) is 27.7 Å². The fourth-order valence-electron chi connectivity index (χ4n) is 1.30. The second-order valence-corrected chi connectivity index (χ2v) is 5.15. The Balaban J connectivity index is 2.19.